The third-order valence-electron chi connectivity index (χ3n) is 2.47. The highest BCUT2D eigenvalue weighted by molar-refractivity contribution is 5.76. The zero-order valence-corrected chi connectivity index (χ0v) is 7.72. The first-order valence-corrected chi connectivity index (χ1v) is 4.66. The highest BCUT2D eigenvalue weighted by Crippen LogP contribution is 2.19. The van der Waals surface area contributed by atoms with Crippen LogP contribution in [0.15, 0.2) is 30.3 Å². The summed E-state index contributed by atoms with van der Waals surface area (Å²) in [5.41, 5.74) is 1.12. The molecule has 2 unspecified atom stereocenters. The molecule has 0 aliphatic carbocycles. The van der Waals surface area contributed by atoms with Gasteiger partial charge in [0.15, 0.2) is 6.10 Å². The average molecular weight is 192 g/mol. The van der Waals surface area contributed by atoms with E-state index in [-0.39, 0.29) is 5.92 Å². The van der Waals surface area contributed by atoms with Crippen LogP contribution in [-0.4, -0.2) is 23.8 Å². The van der Waals surface area contributed by atoms with Gasteiger partial charge in [-0.3, -0.25) is 0 Å². The summed E-state index contributed by atoms with van der Waals surface area (Å²) in [6, 6.07) is 9.79. The number of rotatable bonds is 2. The topological polar surface area (TPSA) is 46.5 Å². The molecule has 14 heavy (non-hydrogen) atoms. The predicted molar refractivity (Wildman–Crippen MR) is 50.6 cm³/mol. The second-order valence-electron chi connectivity index (χ2n) is 3.52. The maximum absolute atomic E-state index is 10.9. The molecule has 1 aliphatic heterocycles. The van der Waals surface area contributed by atoms with E-state index in [4.69, 9.17) is 4.74 Å². The first-order valence-electron chi connectivity index (χ1n) is 4.66. The van der Waals surface area contributed by atoms with Crippen LogP contribution in [0.4, 0.5) is 0 Å². The van der Waals surface area contributed by atoms with Gasteiger partial charge in [-0.25, -0.2) is 4.79 Å². The molecule has 1 aliphatic rings. The van der Waals surface area contributed by atoms with Crippen molar-refractivity contribution in [2.24, 2.45) is 5.92 Å². The van der Waals surface area contributed by atoms with Gasteiger partial charge in [-0.15, -0.1) is 0 Å². The molecule has 0 saturated carbocycles. The van der Waals surface area contributed by atoms with Gasteiger partial charge in [0.25, 0.3) is 0 Å². The van der Waals surface area contributed by atoms with Crippen LogP contribution in [0.2, 0.25) is 0 Å². The van der Waals surface area contributed by atoms with Crippen molar-refractivity contribution in [2.75, 3.05) is 6.61 Å². The largest absolute Gasteiger partial charge is 0.463 e. The molecule has 1 aromatic rings. The molecule has 1 N–H and O–H groups in total. The lowest BCUT2D eigenvalue weighted by atomic mass is 9.97. The van der Waals surface area contributed by atoms with E-state index < -0.39 is 12.1 Å². The lowest BCUT2D eigenvalue weighted by molar-refractivity contribution is -0.144. The fourth-order valence-corrected chi connectivity index (χ4v) is 1.65. The number of hydrogen-bond acceptors (Lipinski definition) is 3. The molecule has 1 heterocycles. The Morgan fingerprint density at radius 1 is 1.36 bits per heavy atom. The van der Waals surface area contributed by atoms with Crippen molar-refractivity contribution in [2.45, 2.75) is 12.5 Å². The van der Waals surface area contributed by atoms with E-state index in [9.17, 15) is 9.90 Å². The molecular weight excluding hydrogens is 180 g/mol. The fraction of sp³-hybridized carbons (Fsp3) is 0.364. The van der Waals surface area contributed by atoms with Gasteiger partial charge in [0.05, 0.1) is 6.61 Å². The molecule has 3 nitrogen and oxygen atoms in total. The van der Waals surface area contributed by atoms with E-state index in [0.29, 0.717) is 13.0 Å². The average Bonchev–Trinajstić information content (AvgIpc) is 2.52. The zero-order valence-electron chi connectivity index (χ0n) is 7.72. The monoisotopic (exact) mass is 192 g/mol. The van der Waals surface area contributed by atoms with Gasteiger partial charge in [0, 0.05) is 5.92 Å². The molecule has 0 amide bonds. The molecule has 74 valence electrons. The van der Waals surface area contributed by atoms with Crippen molar-refractivity contribution in [3.8, 4) is 0 Å². The van der Waals surface area contributed by atoms with Crippen LogP contribution in [-0.2, 0) is 16.0 Å². The van der Waals surface area contributed by atoms with Crippen LogP contribution in [0.1, 0.15) is 5.56 Å². The van der Waals surface area contributed by atoms with E-state index in [0.717, 1.165) is 5.56 Å². The number of aliphatic hydroxyl groups excluding tert-OH is 1. The highest BCUT2D eigenvalue weighted by atomic mass is 16.6. The van der Waals surface area contributed by atoms with Crippen molar-refractivity contribution >= 4 is 5.97 Å². The summed E-state index contributed by atoms with van der Waals surface area (Å²) in [6.07, 6.45) is -0.261. The number of aliphatic hydroxyl groups is 1. The number of carbonyl (C=O) groups is 1. The Morgan fingerprint density at radius 2 is 2.07 bits per heavy atom. The van der Waals surface area contributed by atoms with E-state index in [1.165, 1.54) is 0 Å². The molecule has 0 bridgehead atoms. The Hall–Kier alpha value is -1.35. The van der Waals surface area contributed by atoms with Crippen molar-refractivity contribution in [3.63, 3.8) is 0 Å². The quantitative estimate of drug-likeness (QED) is 0.704. The van der Waals surface area contributed by atoms with Gasteiger partial charge in [-0.05, 0) is 12.0 Å². The molecule has 0 radical (unpaired) electrons. The summed E-state index contributed by atoms with van der Waals surface area (Å²) in [5, 5.41) is 9.44. The Morgan fingerprint density at radius 3 is 2.64 bits per heavy atom. The summed E-state index contributed by atoms with van der Waals surface area (Å²) in [7, 11) is 0. The van der Waals surface area contributed by atoms with E-state index in [2.05, 4.69) is 0 Å². The second-order valence-corrected chi connectivity index (χ2v) is 3.52. The molecule has 2 rings (SSSR count). The molecule has 1 aromatic carbocycles. The third-order valence-corrected chi connectivity index (χ3v) is 2.47. The Labute approximate surface area is 82.3 Å². The van der Waals surface area contributed by atoms with Gasteiger partial charge < -0.3 is 9.84 Å². The predicted octanol–water partition coefficient (Wildman–Crippen LogP) is 0.763. The van der Waals surface area contributed by atoms with Crippen LogP contribution in [0, 0.1) is 5.92 Å². The number of cyclic esters (lactones) is 1. The first kappa shape index (κ1) is 9.21. The minimum Gasteiger partial charge on any atom is -0.463 e. The first-order chi connectivity index (χ1) is 6.77. The maximum Gasteiger partial charge on any atom is 0.335 e. The standard InChI is InChI=1S/C11H12O3/c12-10-9(7-14-11(10)13)6-8-4-2-1-3-5-8/h1-5,9-10,12H,6-7H2. The smallest absolute Gasteiger partial charge is 0.335 e. The van der Waals surface area contributed by atoms with Gasteiger partial charge in [-0.2, -0.15) is 0 Å². The Bertz CT molecular complexity index is 321. The highest BCUT2D eigenvalue weighted by Gasteiger charge is 2.34. The SMILES string of the molecule is O=C1OCC(Cc2ccccc2)C1O. The van der Waals surface area contributed by atoms with Crippen LogP contribution in [0.3, 0.4) is 0 Å². The molecule has 3 heteroatoms. The second kappa shape index (κ2) is 3.80. The zero-order chi connectivity index (χ0) is 9.97. The molecule has 1 saturated heterocycles. The summed E-state index contributed by atoms with van der Waals surface area (Å²) < 4.78 is 4.76. The normalized spacial score (nSPS) is 26.2. The number of carbonyl (C=O) groups excluding carboxylic acids is 1. The Balaban J connectivity index is 2.02. The fourth-order valence-electron chi connectivity index (χ4n) is 1.65. The molecular formula is C11H12O3. The van der Waals surface area contributed by atoms with Crippen LogP contribution in [0.5, 0.6) is 0 Å². The summed E-state index contributed by atoms with van der Waals surface area (Å²) in [5.74, 6) is -0.587. The Kier molecular flexibility index (Phi) is 2.50. The number of hydrogen-bond donors (Lipinski definition) is 1. The van der Waals surface area contributed by atoms with Crippen LogP contribution < -0.4 is 0 Å². The van der Waals surface area contributed by atoms with Crippen LogP contribution >= 0.6 is 0 Å². The minimum atomic E-state index is -0.949. The van der Waals surface area contributed by atoms with E-state index >= 15 is 0 Å². The van der Waals surface area contributed by atoms with Crippen molar-refractivity contribution in [1.82, 2.24) is 0 Å². The van der Waals surface area contributed by atoms with Gasteiger partial charge in [-0.1, -0.05) is 30.3 Å². The lowest BCUT2D eigenvalue weighted by Gasteiger charge is -2.09. The summed E-state index contributed by atoms with van der Waals surface area (Å²) in [6.45, 7) is 0.328. The maximum atomic E-state index is 10.9. The molecule has 0 spiro atoms. The molecule has 2 atom stereocenters. The number of esters is 1. The lowest BCUT2D eigenvalue weighted by Crippen LogP contribution is -2.23. The van der Waals surface area contributed by atoms with Gasteiger partial charge in [0.2, 0.25) is 0 Å². The minimum absolute atomic E-state index is 0.0927. The summed E-state index contributed by atoms with van der Waals surface area (Å²) >= 11 is 0. The molecule has 0 aromatic heterocycles. The number of ether oxygens (including phenoxy) is 1. The van der Waals surface area contributed by atoms with Gasteiger partial charge >= 0.3 is 5.97 Å². The van der Waals surface area contributed by atoms with Crippen LogP contribution in [0.25, 0.3) is 0 Å². The van der Waals surface area contributed by atoms with Crippen molar-refractivity contribution < 1.29 is 14.6 Å². The molecule has 1 fully saturated rings. The number of benzene rings is 1. The third kappa shape index (κ3) is 1.77. The van der Waals surface area contributed by atoms with Crippen molar-refractivity contribution in [3.05, 3.63) is 35.9 Å². The van der Waals surface area contributed by atoms with E-state index in [1.807, 2.05) is 30.3 Å². The van der Waals surface area contributed by atoms with Crippen molar-refractivity contribution in [1.29, 1.82) is 0 Å². The van der Waals surface area contributed by atoms with Gasteiger partial charge in [0.1, 0.15) is 0 Å². The summed E-state index contributed by atoms with van der Waals surface area (Å²) in [4.78, 5) is 10.9. The van der Waals surface area contributed by atoms with E-state index in [1.54, 1.807) is 0 Å².